The Hall–Kier alpha value is -1.81. The number of halogens is 3. The molecule has 1 heterocycles. The summed E-state index contributed by atoms with van der Waals surface area (Å²) in [7, 11) is -4.75. The first kappa shape index (κ1) is 17.5. The van der Waals surface area contributed by atoms with Crippen molar-refractivity contribution >= 4 is 21.7 Å². The van der Waals surface area contributed by atoms with Crippen LogP contribution in [0.4, 0.5) is 18.9 Å². The van der Waals surface area contributed by atoms with Crippen LogP contribution in [0.1, 0.15) is 29.3 Å². The SMILES string of the molecule is CC1CCN(c2cc(C(=O)O)cc(S(N)(=O)=O)c2C(F)(F)F)C1. The zero-order valence-electron chi connectivity index (χ0n) is 12.1. The number of hydrogen-bond acceptors (Lipinski definition) is 4. The average molecular weight is 352 g/mol. The molecule has 6 nitrogen and oxygen atoms in total. The van der Waals surface area contributed by atoms with Gasteiger partial charge in [0, 0.05) is 13.1 Å². The summed E-state index contributed by atoms with van der Waals surface area (Å²) in [5.41, 5.74) is -2.44. The third kappa shape index (κ3) is 3.58. The maximum absolute atomic E-state index is 13.4. The van der Waals surface area contributed by atoms with Crippen LogP contribution >= 0.6 is 0 Å². The summed E-state index contributed by atoms with van der Waals surface area (Å²) < 4.78 is 63.4. The number of nitrogens with two attached hydrogens (primary N) is 1. The number of carboxylic acids is 1. The molecule has 0 amide bonds. The highest BCUT2D eigenvalue weighted by atomic mass is 32.2. The molecule has 0 aromatic heterocycles. The first-order valence-corrected chi connectivity index (χ1v) is 8.22. The van der Waals surface area contributed by atoms with Gasteiger partial charge < -0.3 is 10.0 Å². The summed E-state index contributed by atoms with van der Waals surface area (Å²) in [6, 6.07) is 1.29. The zero-order chi connectivity index (χ0) is 17.6. The Bertz CT molecular complexity index is 746. The molecule has 1 aromatic carbocycles. The molecule has 1 aliphatic rings. The van der Waals surface area contributed by atoms with Gasteiger partial charge in [-0.2, -0.15) is 13.2 Å². The van der Waals surface area contributed by atoms with Crippen molar-refractivity contribution in [3.63, 3.8) is 0 Å². The van der Waals surface area contributed by atoms with Crippen molar-refractivity contribution < 1.29 is 31.5 Å². The molecule has 10 heteroatoms. The lowest BCUT2D eigenvalue weighted by Gasteiger charge is -2.25. The fraction of sp³-hybridized carbons (Fsp3) is 0.462. The number of nitrogens with zero attached hydrogens (tertiary/aromatic N) is 1. The Balaban J connectivity index is 2.81. The van der Waals surface area contributed by atoms with Gasteiger partial charge in [-0.15, -0.1) is 0 Å². The summed E-state index contributed by atoms with van der Waals surface area (Å²) in [4.78, 5) is 11.3. The molecule has 1 saturated heterocycles. The van der Waals surface area contributed by atoms with Gasteiger partial charge in [0.25, 0.3) is 0 Å². The van der Waals surface area contributed by atoms with E-state index in [1.165, 1.54) is 4.90 Å². The van der Waals surface area contributed by atoms with Crippen LogP contribution in [0.15, 0.2) is 17.0 Å². The fourth-order valence-corrected chi connectivity index (χ4v) is 3.43. The lowest BCUT2D eigenvalue weighted by Crippen LogP contribution is -2.27. The molecule has 1 aliphatic heterocycles. The van der Waals surface area contributed by atoms with Gasteiger partial charge in [-0.1, -0.05) is 6.92 Å². The number of carbonyl (C=O) groups is 1. The Morgan fingerprint density at radius 1 is 1.39 bits per heavy atom. The summed E-state index contributed by atoms with van der Waals surface area (Å²) in [5.74, 6) is -1.42. The van der Waals surface area contributed by atoms with E-state index in [2.05, 4.69) is 0 Å². The fourth-order valence-electron chi connectivity index (χ4n) is 2.64. The van der Waals surface area contributed by atoms with Crippen LogP contribution in [0.3, 0.4) is 0 Å². The maximum Gasteiger partial charge on any atom is 0.419 e. The van der Waals surface area contributed by atoms with Gasteiger partial charge in [-0.05, 0) is 24.5 Å². The van der Waals surface area contributed by atoms with E-state index in [1.807, 2.05) is 6.92 Å². The van der Waals surface area contributed by atoms with E-state index in [0.29, 0.717) is 12.5 Å². The third-order valence-corrected chi connectivity index (χ3v) is 4.62. The molecule has 128 valence electrons. The number of anilines is 1. The van der Waals surface area contributed by atoms with Gasteiger partial charge in [0.15, 0.2) is 0 Å². The lowest BCUT2D eigenvalue weighted by molar-refractivity contribution is -0.139. The van der Waals surface area contributed by atoms with Crippen LogP contribution in [0.25, 0.3) is 0 Å². The number of hydrogen-bond donors (Lipinski definition) is 2. The number of carboxylic acid groups (broad SMARTS) is 1. The third-order valence-electron chi connectivity index (χ3n) is 3.68. The van der Waals surface area contributed by atoms with Crippen LogP contribution in [-0.2, 0) is 16.2 Å². The summed E-state index contributed by atoms with van der Waals surface area (Å²) in [6.45, 7) is 2.39. The zero-order valence-corrected chi connectivity index (χ0v) is 12.9. The lowest BCUT2D eigenvalue weighted by atomic mass is 10.1. The Kier molecular flexibility index (Phi) is 4.33. The molecule has 23 heavy (non-hydrogen) atoms. The van der Waals surface area contributed by atoms with E-state index in [4.69, 9.17) is 10.2 Å². The van der Waals surface area contributed by atoms with Crippen molar-refractivity contribution in [2.45, 2.75) is 24.4 Å². The van der Waals surface area contributed by atoms with Crippen molar-refractivity contribution in [2.75, 3.05) is 18.0 Å². The van der Waals surface area contributed by atoms with E-state index in [0.717, 1.165) is 6.07 Å². The van der Waals surface area contributed by atoms with E-state index in [9.17, 15) is 26.4 Å². The summed E-state index contributed by atoms with van der Waals surface area (Å²) in [6.07, 6.45) is -4.36. The topological polar surface area (TPSA) is 101 Å². The second-order valence-electron chi connectivity index (χ2n) is 5.56. The smallest absolute Gasteiger partial charge is 0.419 e. The molecule has 3 N–H and O–H groups in total. The van der Waals surface area contributed by atoms with Crippen LogP contribution in [0.5, 0.6) is 0 Å². The number of rotatable bonds is 3. The van der Waals surface area contributed by atoms with E-state index in [1.54, 1.807) is 0 Å². The van der Waals surface area contributed by atoms with E-state index in [-0.39, 0.29) is 19.0 Å². The van der Waals surface area contributed by atoms with Gasteiger partial charge >= 0.3 is 12.1 Å². The van der Waals surface area contributed by atoms with Crippen LogP contribution in [-0.4, -0.2) is 32.6 Å². The minimum Gasteiger partial charge on any atom is -0.478 e. The van der Waals surface area contributed by atoms with Crippen molar-refractivity contribution in [1.29, 1.82) is 0 Å². The highest BCUT2D eigenvalue weighted by Gasteiger charge is 2.42. The largest absolute Gasteiger partial charge is 0.478 e. The molecule has 1 fully saturated rings. The molecule has 1 unspecified atom stereocenters. The first-order chi connectivity index (χ1) is 10.4. The summed E-state index contributed by atoms with van der Waals surface area (Å²) >= 11 is 0. The van der Waals surface area contributed by atoms with Gasteiger partial charge in [0.1, 0.15) is 0 Å². The highest BCUT2D eigenvalue weighted by Crippen LogP contribution is 2.42. The molecule has 2 rings (SSSR count). The molecule has 0 aliphatic carbocycles. The minimum atomic E-state index is -4.99. The van der Waals surface area contributed by atoms with Crippen LogP contribution in [0, 0.1) is 5.92 Å². The van der Waals surface area contributed by atoms with Gasteiger partial charge in [0.2, 0.25) is 10.0 Å². The standard InChI is InChI=1S/C13H15F3N2O4S/c1-7-2-3-18(6-7)9-4-8(12(19)20)5-10(23(17,21)22)11(9)13(14,15)16/h4-5,7H,2-3,6H2,1H3,(H,19,20)(H2,17,21,22). The molecule has 0 spiro atoms. The molecule has 1 atom stereocenters. The minimum absolute atomic E-state index is 0.113. The quantitative estimate of drug-likeness (QED) is 0.865. The maximum atomic E-state index is 13.4. The second kappa shape index (κ2) is 5.68. The molecular formula is C13H15F3N2O4S. The van der Waals surface area contributed by atoms with Gasteiger partial charge in [0.05, 0.1) is 21.7 Å². The summed E-state index contributed by atoms with van der Waals surface area (Å²) in [5, 5.41) is 13.9. The van der Waals surface area contributed by atoms with Crippen molar-refractivity contribution in [3.8, 4) is 0 Å². The molecule has 0 saturated carbocycles. The number of alkyl halides is 3. The van der Waals surface area contributed by atoms with Crippen LogP contribution in [0.2, 0.25) is 0 Å². The number of primary sulfonamides is 1. The van der Waals surface area contributed by atoms with Crippen LogP contribution < -0.4 is 10.0 Å². The Morgan fingerprint density at radius 3 is 2.39 bits per heavy atom. The molecule has 0 bridgehead atoms. The number of aromatic carboxylic acids is 1. The molecule has 1 aromatic rings. The first-order valence-electron chi connectivity index (χ1n) is 6.67. The number of sulfonamides is 1. The van der Waals surface area contributed by atoms with Gasteiger partial charge in [-0.25, -0.2) is 18.4 Å². The second-order valence-corrected chi connectivity index (χ2v) is 7.09. The predicted molar refractivity (Wildman–Crippen MR) is 75.8 cm³/mol. The van der Waals surface area contributed by atoms with E-state index < -0.39 is 43.9 Å². The molecular weight excluding hydrogens is 337 g/mol. The monoisotopic (exact) mass is 352 g/mol. The van der Waals surface area contributed by atoms with Crippen molar-refractivity contribution in [1.82, 2.24) is 0 Å². The normalized spacial score (nSPS) is 19.2. The predicted octanol–water partition coefficient (Wildman–Crippen LogP) is 1.90. The number of benzene rings is 1. The van der Waals surface area contributed by atoms with Crippen molar-refractivity contribution in [2.24, 2.45) is 11.1 Å². The Morgan fingerprint density at radius 2 is 2.00 bits per heavy atom. The van der Waals surface area contributed by atoms with Crippen molar-refractivity contribution in [3.05, 3.63) is 23.3 Å². The van der Waals surface area contributed by atoms with E-state index >= 15 is 0 Å². The molecule has 0 radical (unpaired) electrons. The highest BCUT2D eigenvalue weighted by molar-refractivity contribution is 7.89. The average Bonchev–Trinajstić information content (AvgIpc) is 2.81. The van der Waals surface area contributed by atoms with Gasteiger partial charge in [-0.3, -0.25) is 0 Å². The Labute approximate surface area is 130 Å².